The zero-order valence-corrected chi connectivity index (χ0v) is 12.8. The van der Waals surface area contributed by atoms with Crippen LogP contribution in [0.2, 0.25) is 0 Å². The number of halogens is 1. The lowest BCUT2D eigenvalue weighted by atomic mass is 10.3. The van der Waals surface area contributed by atoms with E-state index in [1.54, 1.807) is 7.05 Å². The van der Waals surface area contributed by atoms with Crippen LogP contribution >= 0.6 is 15.9 Å². The Balaban J connectivity index is 1.74. The summed E-state index contributed by atoms with van der Waals surface area (Å²) >= 11 is 3.37. The highest BCUT2D eigenvalue weighted by molar-refractivity contribution is 9.10. The summed E-state index contributed by atoms with van der Waals surface area (Å²) in [7, 11) is 1.72. The minimum absolute atomic E-state index is 0.217. The van der Waals surface area contributed by atoms with Crippen molar-refractivity contribution in [3.8, 4) is 5.75 Å². The van der Waals surface area contributed by atoms with Crippen LogP contribution in [0.1, 0.15) is 0 Å². The van der Waals surface area contributed by atoms with E-state index in [0.29, 0.717) is 24.2 Å². The van der Waals surface area contributed by atoms with Gasteiger partial charge in [-0.3, -0.25) is 4.79 Å². The van der Waals surface area contributed by atoms with E-state index in [9.17, 15) is 4.79 Å². The summed E-state index contributed by atoms with van der Waals surface area (Å²) in [6.07, 6.45) is 1.50. The molecule has 3 aromatic rings. The van der Waals surface area contributed by atoms with E-state index >= 15 is 0 Å². The average Bonchev–Trinajstić information content (AvgIpc) is 2.84. The molecule has 0 bridgehead atoms. The molecule has 0 spiro atoms. The highest BCUT2D eigenvalue weighted by atomic mass is 79.9. The third-order valence-electron chi connectivity index (χ3n) is 2.99. The predicted octanol–water partition coefficient (Wildman–Crippen LogP) is 1.37. The number of nitrogens with zero attached hydrogens (tertiary/aromatic N) is 5. The van der Waals surface area contributed by atoms with Gasteiger partial charge in [-0.1, -0.05) is 27.2 Å². The number of rotatable bonds is 4. The molecule has 0 unspecified atom stereocenters. The second-order valence-electron chi connectivity index (χ2n) is 4.43. The Morgan fingerprint density at radius 2 is 2.24 bits per heavy atom. The van der Waals surface area contributed by atoms with Gasteiger partial charge in [0.1, 0.15) is 17.7 Å². The largest absolute Gasteiger partial charge is 0.492 e. The molecule has 0 N–H and O–H groups in total. The first-order valence-corrected chi connectivity index (χ1v) is 7.08. The molecular formula is C13H12BrN5O2. The van der Waals surface area contributed by atoms with E-state index < -0.39 is 0 Å². The molecule has 0 aliphatic heterocycles. The first-order valence-electron chi connectivity index (χ1n) is 6.29. The van der Waals surface area contributed by atoms with Gasteiger partial charge in [-0.25, -0.2) is 9.36 Å². The molecule has 2 aromatic heterocycles. The summed E-state index contributed by atoms with van der Waals surface area (Å²) in [5, 5.41) is 12.3. The summed E-state index contributed by atoms with van der Waals surface area (Å²) in [4.78, 5) is 12.2. The summed E-state index contributed by atoms with van der Waals surface area (Å²) in [6, 6.07) is 7.51. The van der Waals surface area contributed by atoms with E-state index in [-0.39, 0.29) is 5.56 Å². The van der Waals surface area contributed by atoms with E-state index in [2.05, 4.69) is 31.3 Å². The Bertz CT molecular complexity index is 842. The van der Waals surface area contributed by atoms with Crippen LogP contribution in [0.3, 0.4) is 0 Å². The lowest BCUT2D eigenvalue weighted by Crippen LogP contribution is -2.26. The lowest BCUT2D eigenvalue weighted by molar-refractivity contribution is 0.285. The number of aromatic nitrogens is 5. The van der Waals surface area contributed by atoms with Gasteiger partial charge in [0.2, 0.25) is 0 Å². The molecule has 2 heterocycles. The Morgan fingerprint density at radius 1 is 1.38 bits per heavy atom. The zero-order chi connectivity index (χ0) is 14.8. The van der Waals surface area contributed by atoms with Crippen LogP contribution in [0.4, 0.5) is 0 Å². The summed E-state index contributed by atoms with van der Waals surface area (Å²) in [5.74, 6) is 0.729. The van der Waals surface area contributed by atoms with Crippen molar-refractivity contribution in [2.75, 3.05) is 6.61 Å². The van der Waals surface area contributed by atoms with Crippen molar-refractivity contribution in [1.82, 2.24) is 24.8 Å². The number of fused-ring (bicyclic) bond motifs is 1. The fourth-order valence-electron chi connectivity index (χ4n) is 1.93. The highest BCUT2D eigenvalue weighted by Crippen LogP contribution is 2.17. The van der Waals surface area contributed by atoms with Crippen LogP contribution in [0.5, 0.6) is 5.75 Å². The molecular weight excluding hydrogens is 338 g/mol. The number of aryl methyl sites for hydroxylation is 1. The SMILES string of the molecule is Cn1ncc2c(=O)n(CCOc3cccc(Br)c3)nnc21. The van der Waals surface area contributed by atoms with Crippen LogP contribution in [-0.4, -0.2) is 31.4 Å². The maximum atomic E-state index is 12.2. The fraction of sp³-hybridized carbons (Fsp3) is 0.231. The molecule has 0 saturated heterocycles. The first kappa shape index (κ1) is 13.7. The van der Waals surface area contributed by atoms with Crippen LogP contribution in [0.15, 0.2) is 39.7 Å². The number of hydrogen-bond acceptors (Lipinski definition) is 5. The van der Waals surface area contributed by atoms with Crippen molar-refractivity contribution in [2.24, 2.45) is 7.05 Å². The molecule has 1 aromatic carbocycles. The van der Waals surface area contributed by atoms with Crippen molar-refractivity contribution in [2.45, 2.75) is 6.54 Å². The molecule has 0 aliphatic rings. The molecule has 21 heavy (non-hydrogen) atoms. The van der Waals surface area contributed by atoms with Crippen molar-refractivity contribution in [1.29, 1.82) is 0 Å². The Labute approximate surface area is 128 Å². The summed E-state index contributed by atoms with van der Waals surface area (Å²) in [6.45, 7) is 0.653. The first-order chi connectivity index (χ1) is 10.1. The van der Waals surface area contributed by atoms with Crippen LogP contribution < -0.4 is 10.3 Å². The smallest absolute Gasteiger partial charge is 0.280 e. The van der Waals surface area contributed by atoms with E-state index in [1.165, 1.54) is 15.6 Å². The van der Waals surface area contributed by atoms with Gasteiger partial charge in [-0.15, -0.1) is 5.10 Å². The molecule has 108 valence electrons. The fourth-order valence-corrected chi connectivity index (χ4v) is 2.31. The average molecular weight is 350 g/mol. The third-order valence-corrected chi connectivity index (χ3v) is 3.48. The Hall–Kier alpha value is -2.22. The zero-order valence-electron chi connectivity index (χ0n) is 11.2. The highest BCUT2D eigenvalue weighted by Gasteiger charge is 2.09. The van der Waals surface area contributed by atoms with Gasteiger partial charge in [0, 0.05) is 11.5 Å². The van der Waals surface area contributed by atoms with Gasteiger partial charge in [-0.2, -0.15) is 5.10 Å². The third kappa shape index (κ3) is 2.80. The molecule has 7 nitrogen and oxygen atoms in total. The predicted molar refractivity (Wildman–Crippen MR) is 80.2 cm³/mol. The standard InChI is InChI=1S/C13H12BrN5O2/c1-18-12-11(8-15-18)13(20)19(17-16-12)5-6-21-10-4-2-3-9(14)7-10/h2-4,7-8H,5-6H2,1H3. The second kappa shape index (κ2) is 5.65. The van der Waals surface area contributed by atoms with Crippen molar-refractivity contribution in [3.05, 3.63) is 45.3 Å². The molecule has 8 heteroatoms. The summed E-state index contributed by atoms with van der Waals surface area (Å²) in [5.41, 5.74) is 0.259. The van der Waals surface area contributed by atoms with Crippen LogP contribution in [0.25, 0.3) is 11.0 Å². The van der Waals surface area contributed by atoms with Gasteiger partial charge < -0.3 is 4.74 Å². The molecule has 0 atom stereocenters. The minimum Gasteiger partial charge on any atom is -0.492 e. The number of benzene rings is 1. The molecule has 0 radical (unpaired) electrons. The van der Waals surface area contributed by atoms with Crippen molar-refractivity contribution in [3.63, 3.8) is 0 Å². The summed E-state index contributed by atoms with van der Waals surface area (Å²) < 4.78 is 9.32. The molecule has 3 rings (SSSR count). The van der Waals surface area contributed by atoms with E-state index in [1.807, 2.05) is 24.3 Å². The van der Waals surface area contributed by atoms with Gasteiger partial charge in [0.05, 0.1) is 12.7 Å². The second-order valence-corrected chi connectivity index (χ2v) is 5.34. The van der Waals surface area contributed by atoms with Gasteiger partial charge in [0.25, 0.3) is 5.56 Å². The minimum atomic E-state index is -0.217. The normalized spacial score (nSPS) is 11.0. The Morgan fingerprint density at radius 3 is 3.05 bits per heavy atom. The number of ether oxygens (including phenoxy) is 1. The van der Waals surface area contributed by atoms with Crippen LogP contribution in [-0.2, 0) is 13.6 Å². The topological polar surface area (TPSA) is 74.8 Å². The van der Waals surface area contributed by atoms with Crippen LogP contribution in [0, 0.1) is 0 Å². The molecule has 0 fully saturated rings. The molecule has 0 amide bonds. The quantitative estimate of drug-likeness (QED) is 0.710. The monoisotopic (exact) mass is 349 g/mol. The number of hydrogen-bond donors (Lipinski definition) is 0. The van der Waals surface area contributed by atoms with Crippen molar-refractivity contribution < 1.29 is 4.74 Å². The van der Waals surface area contributed by atoms with Gasteiger partial charge >= 0.3 is 0 Å². The van der Waals surface area contributed by atoms with Gasteiger partial charge in [0.15, 0.2) is 5.65 Å². The lowest BCUT2D eigenvalue weighted by Gasteiger charge is -2.07. The van der Waals surface area contributed by atoms with Crippen molar-refractivity contribution >= 4 is 27.0 Å². The van der Waals surface area contributed by atoms with Gasteiger partial charge in [-0.05, 0) is 18.2 Å². The molecule has 0 aliphatic carbocycles. The molecule has 0 saturated carbocycles. The Kier molecular flexibility index (Phi) is 3.70. The maximum Gasteiger partial charge on any atom is 0.280 e. The van der Waals surface area contributed by atoms with E-state index in [0.717, 1.165) is 10.2 Å². The van der Waals surface area contributed by atoms with E-state index in [4.69, 9.17) is 4.74 Å². The maximum absolute atomic E-state index is 12.2.